The van der Waals surface area contributed by atoms with E-state index in [2.05, 4.69) is 42.3 Å². The second kappa shape index (κ2) is 9.06. The van der Waals surface area contributed by atoms with Gasteiger partial charge in [-0.15, -0.1) is 0 Å². The fraction of sp³-hybridized carbons (Fsp3) is 0.222. The van der Waals surface area contributed by atoms with Crippen LogP contribution in [0.1, 0.15) is 12.1 Å². The van der Waals surface area contributed by atoms with E-state index in [-0.39, 0.29) is 5.69 Å². The fourth-order valence-corrected chi connectivity index (χ4v) is 2.68. The van der Waals surface area contributed by atoms with Crippen LogP contribution in [0.15, 0.2) is 36.7 Å². The molecule has 0 unspecified atom stereocenters. The molecule has 0 atom stereocenters. The molecule has 3 aromatic rings. The van der Waals surface area contributed by atoms with Crippen molar-refractivity contribution in [1.29, 1.82) is 5.26 Å². The number of nitriles is 1. The predicted molar refractivity (Wildman–Crippen MR) is 101 cm³/mol. The molecule has 27 heavy (non-hydrogen) atoms. The molecule has 1 aromatic carbocycles. The van der Waals surface area contributed by atoms with Crippen molar-refractivity contribution in [3.05, 3.63) is 42.4 Å². The standard InChI is InChI=1S/C18H17AsN6O2/c1-26-14-4-2-5-15(27-7-3-6-19)18(14)13-8-16(25-24-13)23-17-11-21-12(9-20)10-22-17/h2,4-5,8,10-11H,3,6-7H2,1H3,(H2,22,23,24,25). The second-order valence-corrected chi connectivity index (χ2v) is 6.39. The monoisotopic (exact) mass is 424 g/mol. The zero-order valence-electron chi connectivity index (χ0n) is 14.6. The van der Waals surface area contributed by atoms with Crippen LogP contribution in [0.3, 0.4) is 0 Å². The summed E-state index contributed by atoms with van der Waals surface area (Å²) in [6.45, 7) is 0.620. The maximum atomic E-state index is 8.79. The topological polar surface area (TPSA) is 109 Å². The Balaban J connectivity index is 1.85. The summed E-state index contributed by atoms with van der Waals surface area (Å²) in [5, 5.41) is 20.1. The molecule has 0 saturated carbocycles. The van der Waals surface area contributed by atoms with Crippen LogP contribution in [0.2, 0.25) is 5.21 Å². The van der Waals surface area contributed by atoms with E-state index in [0.717, 1.165) is 28.6 Å². The number of anilines is 2. The fourth-order valence-electron chi connectivity index (χ4n) is 2.41. The van der Waals surface area contributed by atoms with E-state index < -0.39 is 0 Å². The van der Waals surface area contributed by atoms with Gasteiger partial charge in [0, 0.05) is 0 Å². The summed E-state index contributed by atoms with van der Waals surface area (Å²) in [7, 11) is 1.62. The number of aromatic amines is 1. The molecule has 0 fully saturated rings. The molecule has 2 heterocycles. The first-order valence-electron chi connectivity index (χ1n) is 8.20. The van der Waals surface area contributed by atoms with Gasteiger partial charge < -0.3 is 0 Å². The quantitative estimate of drug-likeness (QED) is 0.423. The molecule has 0 aliphatic carbocycles. The molecular weight excluding hydrogens is 407 g/mol. The predicted octanol–water partition coefficient (Wildman–Crippen LogP) is 2.85. The van der Waals surface area contributed by atoms with Gasteiger partial charge in [-0.1, -0.05) is 0 Å². The van der Waals surface area contributed by atoms with Crippen LogP contribution in [0.25, 0.3) is 11.3 Å². The molecule has 0 saturated heterocycles. The Morgan fingerprint density at radius 3 is 2.78 bits per heavy atom. The molecule has 2 radical (unpaired) electrons. The SMILES string of the molecule is COc1cccc(OCCC[As])c1-c1cc(Nc2cnc(C#N)cn2)n[nH]1. The van der Waals surface area contributed by atoms with Crippen LogP contribution in [0.5, 0.6) is 11.5 Å². The van der Waals surface area contributed by atoms with Crippen LogP contribution in [0.4, 0.5) is 11.6 Å². The second-order valence-electron chi connectivity index (χ2n) is 5.45. The summed E-state index contributed by atoms with van der Waals surface area (Å²) in [5.41, 5.74) is 1.81. The first-order valence-corrected chi connectivity index (χ1v) is 9.53. The van der Waals surface area contributed by atoms with Gasteiger partial charge in [0.05, 0.1) is 6.20 Å². The third-order valence-electron chi connectivity index (χ3n) is 3.64. The number of nitrogens with one attached hydrogen (secondary N) is 2. The van der Waals surface area contributed by atoms with Crippen molar-refractivity contribution in [3.8, 4) is 28.8 Å². The average Bonchev–Trinajstić information content (AvgIpc) is 3.16. The van der Waals surface area contributed by atoms with Gasteiger partial charge in [-0.05, 0) is 0 Å². The molecule has 3 rings (SSSR count). The van der Waals surface area contributed by atoms with E-state index in [1.807, 2.05) is 30.3 Å². The molecule has 0 aliphatic heterocycles. The number of benzene rings is 1. The van der Waals surface area contributed by atoms with E-state index in [1.165, 1.54) is 12.4 Å². The van der Waals surface area contributed by atoms with Crippen molar-refractivity contribution < 1.29 is 9.47 Å². The van der Waals surface area contributed by atoms with Crippen molar-refractivity contribution in [3.63, 3.8) is 0 Å². The number of rotatable bonds is 8. The average molecular weight is 424 g/mol. The van der Waals surface area contributed by atoms with Crippen LogP contribution in [-0.2, 0) is 0 Å². The number of nitrogens with zero attached hydrogens (tertiary/aromatic N) is 4. The Kier molecular flexibility index (Phi) is 6.29. The molecule has 0 bridgehead atoms. The number of hydrogen-bond acceptors (Lipinski definition) is 7. The van der Waals surface area contributed by atoms with Crippen LogP contribution >= 0.6 is 0 Å². The van der Waals surface area contributed by atoms with Crippen LogP contribution < -0.4 is 14.8 Å². The number of H-pyrrole nitrogens is 1. The maximum absolute atomic E-state index is 8.79. The van der Waals surface area contributed by atoms with Gasteiger partial charge in [0.15, 0.2) is 5.69 Å². The first kappa shape index (κ1) is 18.7. The Morgan fingerprint density at radius 2 is 2.07 bits per heavy atom. The number of hydrogen-bond donors (Lipinski definition) is 2. The zero-order valence-corrected chi connectivity index (χ0v) is 16.5. The summed E-state index contributed by atoms with van der Waals surface area (Å²) in [6, 6.07) is 9.44. The Labute approximate surface area is 165 Å². The van der Waals surface area contributed by atoms with Crippen molar-refractivity contribution in [2.24, 2.45) is 0 Å². The van der Waals surface area contributed by atoms with Crippen molar-refractivity contribution in [2.75, 3.05) is 19.0 Å². The van der Waals surface area contributed by atoms with Gasteiger partial charge in [-0.3, -0.25) is 0 Å². The molecule has 9 heteroatoms. The van der Waals surface area contributed by atoms with Crippen molar-refractivity contribution in [1.82, 2.24) is 20.2 Å². The molecule has 136 valence electrons. The van der Waals surface area contributed by atoms with Crippen molar-refractivity contribution >= 4 is 28.5 Å². The third kappa shape index (κ3) is 4.57. The third-order valence-corrected chi connectivity index (χ3v) is 4.30. The van der Waals surface area contributed by atoms with Crippen LogP contribution in [-0.4, -0.2) is 50.7 Å². The molecular formula is C18H17AsN6O2. The van der Waals surface area contributed by atoms with E-state index in [9.17, 15) is 0 Å². The Hall–Kier alpha value is -3.04. The summed E-state index contributed by atoms with van der Waals surface area (Å²) < 4.78 is 11.4. The van der Waals surface area contributed by atoms with E-state index in [0.29, 0.717) is 24.0 Å². The van der Waals surface area contributed by atoms with Gasteiger partial charge >= 0.3 is 137 Å². The molecule has 0 amide bonds. The zero-order chi connectivity index (χ0) is 19.1. The number of aromatic nitrogens is 4. The molecule has 8 nitrogen and oxygen atoms in total. The van der Waals surface area contributed by atoms with Gasteiger partial charge in [0.2, 0.25) is 0 Å². The molecule has 0 spiro atoms. The number of ether oxygens (including phenoxy) is 2. The van der Waals surface area contributed by atoms with Gasteiger partial charge in [0.1, 0.15) is 6.07 Å². The number of methoxy groups -OCH3 is 1. The van der Waals surface area contributed by atoms with E-state index in [1.54, 1.807) is 7.11 Å². The summed E-state index contributed by atoms with van der Waals surface area (Å²) in [5.74, 6) is 2.47. The van der Waals surface area contributed by atoms with Gasteiger partial charge in [-0.25, -0.2) is 4.98 Å². The van der Waals surface area contributed by atoms with E-state index in [4.69, 9.17) is 14.7 Å². The van der Waals surface area contributed by atoms with Crippen LogP contribution in [0, 0.1) is 11.3 Å². The molecule has 2 aromatic heterocycles. The normalized spacial score (nSPS) is 10.3. The van der Waals surface area contributed by atoms with Gasteiger partial charge in [-0.2, -0.15) is 5.26 Å². The molecule has 0 aliphatic rings. The summed E-state index contributed by atoms with van der Waals surface area (Å²) >= 11 is 2.55. The molecule has 2 N–H and O–H groups in total. The Morgan fingerprint density at radius 1 is 1.22 bits per heavy atom. The van der Waals surface area contributed by atoms with E-state index >= 15 is 0 Å². The van der Waals surface area contributed by atoms with Gasteiger partial charge in [0.25, 0.3) is 0 Å². The summed E-state index contributed by atoms with van der Waals surface area (Å²) in [4.78, 5) is 8.10. The minimum atomic E-state index is 0.255. The first-order chi connectivity index (χ1) is 13.2. The minimum absolute atomic E-state index is 0.255. The summed E-state index contributed by atoms with van der Waals surface area (Å²) in [6.07, 6.45) is 3.83. The van der Waals surface area contributed by atoms with Crippen molar-refractivity contribution in [2.45, 2.75) is 11.6 Å². The Bertz CT molecular complexity index is 936.